The summed E-state index contributed by atoms with van der Waals surface area (Å²) in [6.07, 6.45) is 1.31. The van der Waals surface area contributed by atoms with Crippen LogP contribution in [0.15, 0.2) is 29.4 Å². The molecule has 0 unspecified atom stereocenters. The standard InChI is InChI=1S/C10H12N2O2/c1-12(2)10(13)9-5-3-8(4-6-9)7-11-14/h3-7,14H,1-2H3. The lowest BCUT2D eigenvalue weighted by molar-refractivity contribution is 0.0827. The number of carbonyl (C=O) groups is 1. The van der Waals surface area contributed by atoms with Crippen LogP contribution in [0.3, 0.4) is 0 Å². The second-order valence-corrected chi connectivity index (χ2v) is 3.07. The summed E-state index contributed by atoms with van der Waals surface area (Å²) >= 11 is 0. The zero-order chi connectivity index (χ0) is 10.6. The molecule has 0 aromatic heterocycles. The molecule has 0 atom stereocenters. The van der Waals surface area contributed by atoms with Gasteiger partial charge in [-0.25, -0.2) is 0 Å². The monoisotopic (exact) mass is 192 g/mol. The van der Waals surface area contributed by atoms with Gasteiger partial charge in [0.2, 0.25) is 0 Å². The van der Waals surface area contributed by atoms with Crippen molar-refractivity contribution in [2.75, 3.05) is 14.1 Å². The first-order valence-corrected chi connectivity index (χ1v) is 4.14. The minimum Gasteiger partial charge on any atom is -0.411 e. The van der Waals surface area contributed by atoms with Crippen molar-refractivity contribution >= 4 is 12.1 Å². The van der Waals surface area contributed by atoms with E-state index in [4.69, 9.17) is 5.21 Å². The highest BCUT2D eigenvalue weighted by atomic mass is 16.4. The van der Waals surface area contributed by atoms with Gasteiger partial charge in [0.15, 0.2) is 0 Å². The molecule has 1 amide bonds. The molecule has 1 aromatic carbocycles. The van der Waals surface area contributed by atoms with Crippen molar-refractivity contribution in [1.29, 1.82) is 0 Å². The lowest BCUT2D eigenvalue weighted by Gasteiger charge is -2.09. The van der Waals surface area contributed by atoms with Crippen LogP contribution in [0.5, 0.6) is 0 Å². The summed E-state index contributed by atoms with van der Waals surface area (Å²) in [5.74, 6) is -0.0440. The number of hydrogen-bond donors (Lipinski definition) is 1. The Bertz CT molecular complexity index is 342. The zero-order valence-corrected chi connectivity index (χ0v) is 8.14. The summed E-state index contributed by atoms with van der Waals surface area (Å²) in [7, 11) is 3.40. The van der Waals surface area contributed by atoms with Gasteiger partial charge in [-0.15, -0.1) is 0 Å². The molecule has 14 heavy (non-hydrogen) atoms. The second kappa shape index (κ2) is 4.41. The fourth-order valence-electron chi connectivity index (χ4n) is 1.04. The molecule has 74 valence electrons. The van der Waals surface area contributed by atoms with Crippen LogP contribution in [0.25, 0.3) is 0 Å². The van der Waals surface area contributed by atoms with Crippen molar-refractivity contribution in [1.82, 2.24) is 4.90 Å². The lowest BCUT2D eigenvalue weighted by atomic mass is 10.1. The van der Waals surface area contributed by atoms with Crippen molar-refractivity contribution in [2.45, 2.75) is 0 Å². The summed E-state index contributed by atoms with van der Waals surface area (Å²) in [4.78, 5) is 13.0. The fraction of sp³-hybridized carbons (Fsp3) is 0.200. The molecule has 4 nitrogen and oxygen atoms in total. The molecule has 0 heterocycles. The minimum absolute atomic E-state index is 0.0440. The largest absolute Gasteiger partial charge is 0.411 e. The van der Waals surface area contributed by atoms with Gasteiger partial charge in [0.25, 0.3) is 5.91 Å². The quantitative estimate of drug-likeness (QED) is 0.435. The van der Waals surface area contributed by atoms with E-state index in [1.807, 2.05) is 0 Å². The second-order valence-electron chi connectivity index (χ2n) is 3.07. The Morgan fingerprint density at radius 2 is 1.93 bits per heavy atom. The summed E-state index contributed by atoms with van der Waals surface area (Å²) in [6, 6.07) is 6.82. The first-order chi connectivity index (χ1) is 6.65. The average molecular weight is 192 g/mol. The van der Waals surface area contributed by atoms with Crippen molar-refractivity contribution in [3.8, 4) is 0 Å². The van der Waals surface area contributed by atoms with Gasteiger partial charge in [-0.1, -0.05) is 17.3 Å². The Balaban J connectivity index is 2.88. The van der Waals surface area contributed by atoms with Gasteiger partial charge in [-0.3, -0.25) is 4.79 Å². The number of oxime groups is 1. The zero-order valence-electron chi connectivity index (χ0n) is 8.14. The van der Waals surface area contributed by atoms with Gasteiger partial charge in [-0.2, -0.15) is 0 Å². The average Bonchev–Trinajstić information content (AvgIpc) is 2.18. The normalized spacial score (nSPS) is 10.4. The molecule has 1 rings (SSSR count). The van der Waals surface area contributed by atoms with Crippen LogP contribution in [-0.4, -0.2) is 36.3 Å². The first-order valence-electron chi connectivity index (χ1n) is 4.14. The van der Waals surface area contributed by atoms with Crippen molar-refractivity contribution in [3.63, 3.8) is 0 Å². The molecule has 0 aliphatic carbocycles. The molecule has 0 bridgehead atoms. The van der Waals surface area contributed by atoms with Crippen LogP contribution in [-0.2, 0) is 0 Å². The molecule has 0 aliphatic heterocycles. The number of rotatable bonds is 2. The summed E-state index contributed by atoms with van der Waals surface area (Å²) in [5, 5.41) is 11.2. The molecule has 4 heteroatoms. The Kier molecular flexibility index (Phi) is 3.23. The molecule has 0 saturated carbocycles. The SMILES string of the molecule is CN(C)C(=O)c1ccc(C=NO)cc1. The number of hydrogen-bond acceptors (Lipinski definition) is 3. The number of amides is 1. The molecule has 0 fully saturated rings. The summed E-state index contributed by atoms with van der Waals surface area (Å²) in [5.41, 5.74) is 1.37. The van der Waals surface area contributed by atoms with Gasteiger partial charge >= 0.3 is 0 Å². The minimum atomic E-state index is -0.0440. The third-order valence-electron chi connectivity index (χ3n) is 1.77. The number of benzene rings is 1. The molecule has 0 radical (unpaired) electrons. The molecule has 1 N–H and O–H groups in total. The fourth-order valence-corrected chi connectivity index (χ4v) is 1.04. The summed E-state index contributed by atoms with van der Waals surface area (Å²) < 4.78 is 0. The van der Waals surface area contributed by atoms with Crippen LogP contribution < -0.4 is 0 Å². The van der Waals surface area contributed by atoms with Crippen LogP contribution in [0.1, 0.15) is 15.9 Å². The third-order valence-corrected chi connectivity index (χ3v) is 1.77. The molecular weight excluding hydrogens is 180 g/mol. The topological polar surface area (TPSA) is 52.9 Å². The highest BCUT2D eigenvalue weighted by Crippen LogP contribution is 2.04. The van der Waals surface area contributed by atoms with Gasteiger partial charge < -0.3 is 10.1 Å². The van der Waals surface area contributed by atoms with Crippen molar-refractivity contribution in [3.05, 3.63) is 35.4 Å². The lowest BCUT2D eigenvalue weighted by Crippen LogP contribution is -2.21. The van der Waals surface area contributed by atoms with Gasteiger partial charge in [-0.05, 0) is 17.7 Å². The smallest absolute Gasteiger partial charge is 0.253 e. The van der Waals surface area contributed by atoms with E-state index in [-0.39, 0.29) is 5.91 Å². The maximum absolute atomic E-state index is 11.5. The Morgan fingerprint density at radius 3 is 2.36 bits per heavy atom. The predicted molar refractivity (Wildman–Crippen MR) is 53.8 cm³/mol. The van der Waals surface area contributed by atoms with E-state index in [9.17, 15) is 4.79 Å². The van der Waals surface area contributed by atoms with Crippen LogP contribution >= 0.6 is 0 Å². The molecule has 0 spiro atoms. The van der Waals surface area contributed by atoms with E-state index in [1.165, 1.54) is 11.1 Å². The Morgan fingerprint density at radius 1 is 1.36 bits per heavy atom. The van der Waals surface area contributed by atoms with Crippen LogP contribution in [0, 0.1) is 0 Å². The van der Waals surface area contributed by atoms with E-state index in [0.29, 0.717) is 5.56 Å². The summed E-state index contributed by atoms with van der Waals surface area (Å²) in [6.45, 7) is 0. The molecule has 0 saturated heterocycles. The third kappa shape index (κ3) is 2.32. The van der Waals surface area contributed by atoms with E-state index in [2.05, 4.69) is 5.16 Å². The predicted octanol–water partition coefficient (Wildman–Crippen LogP) is 1.20. The van der Waals surface area contributed by atoms with E-state index in [1.54, 1.807) is 38.4 Å². The van der Waals surface area contributed by atoms with Gasteiger partial charge in [0.1, 0.15) is 0 Å². The van der Waals surface area contributed by atoms with Crippen LogP contribution in [0.2, 0.25) is 0 Å². The Hall–Kier alpha value is -1.84. The Labute approximate surface area is 82.5 Å². The van der Waals surface area contributed by atoms with Crippen molar-refractivity contribution in [2.24, 2.45) is 5.16 Å². The number of nitrogens with zero attached hydrogens (tertiary/aromatic N) is 2. The van der Waals surface area contributed by atoms with E-state index < -0.39 is 0 Å². The number of carbonyl (C=O) groups excluding carboxylic acids is 1. The first kappa shape index (κ1) is 10.2. The molecular formula is C10H12N2O2. The van der Waals surface area contributed by atoms with Gasteiger partial charge in [0, 0.05) is 19.7 Å². The van der Waals surface area contributed by atoms with Crippen LogP contribution in [0.4, 0.5) is 0 Å². The molecule has 1 aromatic rings. The highest BCUT2D eigenvalue weighted by Gasteiger charge is 2.06. The highest BCUT2D eigenvalue weighted by molar-refractivity contribution is 5.94. The van der Waals surface area contributed by atoms with Crippen molar-refractivity contribution < 1.29 is 10.0 Å². The maximum Gasteiger partial charge on any atom is 0.253 e. The molecule has 0 aliphatic rings. The van der Waals surface area contributed by atoms with Gasteiger partial charge in [0.05, 0.1) is 6.21 Å². The van der Waals surface area contributed by atoms with E-state index >= 15 is 0 Å². The van der Waals surface area contributed by atoms with E-state index in [0.717, 1.165) is 5.56 Å². The maximum atomic E-state index is 11.5.